The fourth-order valence-electron chi connectivity index (χ4n) is 4.70. The van der Waals surface area contributed by atoms with Crippen LogP contribution in [0.1, 0.15) is 34.9 Å². The number of hydrogen-bond acceptors (Lipinski definition) is 9. The second kappa shape index (κ2) is 12.3. The Hall–Kier alpha value is -4.38. The molecule has 44 heavy (non-hydrogen) atoms. The number of esters is 1. The van der Waals surface area contributed by atoms with Gasteiger partial charge in [-0.05, 0) is 20.8 Å². The van der Waals surface area contributed by atoms with Gasteiger partial charge in [0.1, 0.15) is 23.2 Å². The van der Waals surface area contributed by atoms with Gasteiger partial charge in [0, 0.05) is 36.2 Å². The number of anilines is 1. The van der Waals surface area contributed by atoms with E-state index in [1.54, 1.807) is 24.1 Å². The Labute approximate surface area is 255 Å². The minimum absolute atomic E-state index is 0.00861. The van der Waals surface area contributed by atoms with Crippen LogP contribution in [0.3, 0.4) is 0 Å². The number of methoxy groups -OCH3 is 2. The highest BCUT2D eigenvalue weighted by molar-refractivity contribution is 6.34. The minimum atomic E-state index is -5.17. The number of pyridine rings is 1. The highest BCUT2D eigenvalue weighted by atomic mass is 35.5. The second-order valence-corrected chi connectivity index (χ2v) is 10.5. The zero-order valence-electron chi connectivity index (χ0n) is 24.4. The molecule has 0 amide bonds. The Morgan fingerprint density at radius 3 is 2.45 bits per heavy atom. The molecule has 0 radical (unpaired) electrons. The number of fused-ring (bicyclic) bond motifs is 1. The van der Waals surface area contributed by atoms with Crippen LogP contribution in [0.5, 0.6) is 5.75 Å². The molecule has 0 aliphatic heterocycles. The summed E-state index contributed by atoms with van der Waals surface area (Å²) in [5, 5.41) is 11.2. The largest absolute Gasteiger partial charge is 0.496 e. The molecule has 10 nitrogen and oxygen atoms in total. The molecule has 0 spiro atoms. The number of rotatable bonds is 8. The van der Waals surface area contributed by atoms with E-state index in [1.807, 2.05) is 13.8 Å². The van der Waals surface area contributed by atoms with Gasteiger partial charge in [-0.1, -0.05) is 53.8 Å². The number of hydrogen-bond donors (Lipinski definition) is 2. The third kappa shape index (κ3) is 6.14. The van der Waals surface area contributed by atoms with Crippen molar-refractivity contribution < 1.29 is 37.3 Å². The van der Waals surface area contributed by atoms with Crippen LogP contribution in [-0.4, -0.2) is 63.2 Å². The summed E-state index contributed by atoms with van der Waals surface area (Å²) in [7, 11) is 2.31. The van der Waals surface area contributed by atoms with E-state index in [1.165, 1.54) is 25.1 Å². The van der Waals surface area contributed by atoms with Crippen molar-refractivity contribution in [3.63, 3.8) is 0 Å². The van der Waals surface area contributed by atoms with E-state index in [-0.39, 0.29) is 23.2 Å². The first-order valence-corrected chi connectivity index (χ1v) is 13.4. The number of carbonyl (C=O) groups excluding carboxylic acids is 1. The number of halogens is 4. The molecule has 0 aliphatic rings. The summed E-state index contributed by atoms with van der Waals surface area (Å²) in [6.07, 6.45) is -1.90. The number of aliphatic hydroxyl groups is 1. The number of aromatic nitrogens is 4. The first kappa shape index (κ1) is 32.5. The predicted octanol–water partition coefficient (Wildman–Crippen LogP) is 4.49. The van der Waals surface area contributed by atoms with Crippen molar-refractivity contribution in [2.75, 3.05) is 26.6 Å². The highest BCUT2D eigenvalue weighted by Crippen LogP contribution is 2.43. The van der Waals surface area contributed by atoms with Crippen LogP contribution in [0.25, 0.3) is 11.0 Å². The molecule has 4 rings (SSSR count). The van der Waals surface area contributed by atoms with Gasteiger partial charge in [-0.25, -0.2) is 9.78 Å². The fourth-order valence-corrected chi connectivity index (χ4v) is 4.97. The molecule has 0 aliphatic carbocycles. The summed E-state index contributed by atoms with van der Waals surface area (Å²) >= 11 is 6.40. The van der Waals surface area contributed by atoms with Crippen LogP contribution < -0.4 is 10.5 Å². The van der Waals surface area contributed by atoms with Gasteiger partial charge < -0.3 is 29.6 Å². The molecule has 2 atom stereocenters. The Morgan fingerprint density at radius 2 is 1.84 bits per heavy atom. The summed E-state index contributed by atoms with van der Waals surface area (Å²) in [5.74, 6) is 4.13. The van der Waals surface area contributed by atoms with Gasteiger partial charge >= 0.3 is 12.1 Å². The number of carbonyl (C=O) groups is 1. The van der Waals surface area contributed by atoms with Gasteiger partial charge in [0.15, 0.2) is 5.60 Å². The lowest BCUT2D eigenvalue weighted by Gasteiger charge is -2.33. The third-order valence-electron chi connectivity index (χ3n) is 6.88. The van der Waals surface area contributed by atoms with E-state index < -0.39 is 35.5 Å². The van der Waals surface area contributed by atoms with Crippen LogP contribution in [-0.2, 0) is 26.4 Å². The Kier molecular flexibility index (Phi) is 9.11. The number of ether oxygens (including phenoxy) is 3. The molecule has 3 heterocycles. The van der Waals surface area contributed by atoms with Crippen LogP contribution in [0.4, 0.5) is 19.1 Å². The van der Waals surface area contributed by atoms with E-state index in [0.29, 0.717) is 22.5 Å². The summed E-state index contributed by atoms with van der Waals surface area (Å²) in [5.41, 5.74) is 2.80. The number of benzene rings is 1. The maximum absolute atomic E-state index is 14.2. The van der Waals surface area contributed by atoms with Gasteiger partial charge in [-0.3, -0.25) is 4.98 Å². The topological polar surface area (TPSA) is 135 Å². The van der Waals surface area contributed by atoms with Crippen LogP contribution in [0.2, 0.25) is 5.15 Å². The SMILES string of the molecule is COc1c(C)cnc(Cn2cc(C#C[C@@](C)(O)COC(=O)[C@](OC)(c3ccccc3)C(F)(F)F)c3c(Cl)nc(N)nc32)c1C. The molecule has 0 fully saturated rings. The summed E-state index contributed by atoms with van der Waals surface area (Å²) in [6, 6.07) is 6.33. The molecular weight excluding hydrogens is 603 g/mol. The van der Waals surface area contributed by atoms with E-state index in [9.17, 15) is 23.1 Å². The number of nitrogens with zero attached hydrogens (tertiary/aromatic N) is 4. The van der Waals surface area contributed by atoms with Crippen molar-refractivity contribution >= 4 is 34.6 Å². The van der Waals surface area contributed by atoms with Crippen molar-refractivity contribution in [2.45, 2.75) is 44.7 Å². The molecule has 3 aromatic heterocycles. The summed E-state index contributed by atoms with van der Waals surface area (Å²) < 4.78 is 59.5. The van der Waals surface area contributed by atoms with Gasteiger partial charge in [-0.2, -0.15) is 18.2 Å². The lowest BCUT2D eigenvalue weighted by Crippen LogP contribution is -2.52. The average Bonchev–Trinajstić information content (AvgIpc) is 3.30. The molecule has 3 N–H and O–H groups in total. The van der Waals surface area contributed by atoms with Crippen molar-refractivity contribution in [1.82, 2.24) is 19.5 Å². The van der Waals surface area contributed by atoms with Crippen molar-refractivity contribution in [3.05, 3.63) is 75.8 Å². The zero-order valence-corrected chi connectivity index (χ0v) is 25.2. The summed E-state index contributed by atoms with van der Waals surface area (Å²) in [6.45, 7) is 4.23. The van der Waals surface area contributed by atoms with Crippen molar-refractivity contribution in [1.29, 1.82) is 0 Å². The predicted molar refractivity (Wildman–Crippen MR) is 156 cm³/mol. The van der Waals surface area contributed by atoms with Gasteiger partial charge in [0.2, 0.25) is 5.95 Å². The van der Waals surface area contributed by atoms with Crippen LogP contribution in [0, 0.1) is 25.7 Å². The maximum atomic E-state index is 14.2. The molecule has 0 saturated heterocycles. The first-order chi connectivity index (χ1) is 20.6. The molecule has 14 heteroatoms. The maximum Gasteiger partial charge on any atom is 0.432 e. The van der Waals surface area contributed by atoms with E-state index in [2.05, 4.69) is 26.8 Å². The Morgan fingerprint density at radius 1 is 1.16 bits per heavy atom. The molecule has 232 valence electrons. The number of nitrogens with two attached hydrogens (primary N) is 1. The van der Waals surface area contributed by atoms with E-state index in [4.69, 9.17) is 31.5 Å². The smallest absolute Gasteiger partial charge is 0.432 e. The average molecular weight is 632 g/mol. The lowest BCUT2D eigenvalue weighted by molar-refractivity contribution is -0.277. The second-order valence-electron chi connectivity index (χ2n) is 10.1. The van der Waals surface area contributed by atoms with Crippen molar-refractivity contribution in [3.8, 4) is 17.6 Å². The van der Waals surface area contributed by atoms with Crippen LogP contribution >= 0.6 is 11.6 Å². The molecule has 0 saturated carbocycles. The quantitative estimate of drug-likeness (QED) is 0.164. The zero-order chi connectivity index (χ0) is 32.4. The molecule has 1 aromatic carbocycles. The first-order valence-electron chi connectivity index (χ1n) is 13.1. The normalized spacial score (nSPS) is 14.3. The fraction of sp³-hybridized carbons (Fsp3) is 0.333. The monoisotopic (exact) mass is 631 g/mol. The number of nitrogen functional groups attached to an aromatic ring is 1. The Bertz CT molecular complexity index is 1770. The third-order valence-corrected chi connectivity index (χ3v) is 7.16. The van der Waals surface area contributed by atoms with Crippen LogP contribution in [0.15, 0.2) is 42.7 Å². The number of alkyl halides is 3. The van der Waals surface area contributed by atoms with Gasteiger partial charge in [0.05, 0.1) is 30.3 Å². The lowest BCUT2D eigenvalue weighted by atomic mass is 9.92. The molecule has 0 bridgehead atoms. The molecule has 0 unspecified atom stereocenters. The van der Waals surface area contributed by atoms with Crippen molar-refractivity contribution in [2.24, 2.45) is 0 Å². The molecular formula is C30H29ClF3N5O5. The minimum Gasteiger partial charge on any atom is -0.496 e. The van der Waals surface area contributed by atoms with E-state index >= 15 is 0 Å². The van der Waals surface area contributed by atoms with E-state index in [0.717, 1.165) is 30.4 Å². The van der Waals surface area contributed by atoms with Gasteiger partial charge in [0.25, 0.3) is 5.60 Å². The molecule has 4 aromatic rings. The number of aryl methyl sites for hydroxylation is 1. The Balaban J connectivity index is 1.67. The standard InChI is InChI=1S/C30H29ClF3N5O5/c1-17-13-36-21(18(2)23(17)42-4)15-39-14-19(22-24(31)37-27(35)38-25(22)39)11-12-28(3,41)16-44-26(40)29(43-5,30(32,33)34)20-9-7-6-8-10-20/h6-10,13-14,41H,15-16H2,1-5H3,(H2,35,37,38)/t28-,29-/m1/s1. The highest BCUT2D eigenvalue weighted by Gasteiger charge is 2.64. The summed E-state index contributed by atoms with van der Waals surface area (Å²) in [4.78, 5) is 25.7. The van der Waals surface area contributed by atoms with Gasteiger partial charge in [-0.15, -0.1) is 0 Å².